The van der Waals surface area contributed by atoms with Gasteiger partial charge in [0.2, 0.25) is 0 Å². The van der Waals surface area contributed by atoms with Crippen molar-refractivity contribution in [3.8, 4) is 5.75 Å². The first-order valence-electron chi connectivity index (χ1n) is 5.79. The zero-order valence-electron chi connectivity index (χ0n) is 10.2. The molecule has 1 N–H and O–H groups in total. The van der Waals surface area contributed by atoms with E-state index in [0.717, 1.165) is 35.7 Å². The van der Waals surface area contributed by atoms with Gasteiger partial charge in [-0.2, -0.15) is 0 Å². The first-order chi connectivity index (χ1) is 7.72. The van der Waals surface area contributed by atoms with Gasteiger partial charge >= 0.3 is 0 Å². The highest BCUT2D eigenvalue weighted by atomic mass is 35.5. The van der Waals surface area contributed by atoms with Crippen LogP contribution in [0.5, 0.6) is 5.75 Å². The molecule has 2 nitrogen and oxygen atoms in total. The van der Waals surface area contributed by atoms with E-state index >= 15 is 0 Å². The van der Waals surface area contributed by atoms with Gasteiger partial charge in [-0.1, -0.05) is 25.4 Å². The van der Waals surface area contributed by atoms with Crippen molar-refractivity contribution in [2.75, 3.05) is 13.7 Å². The lowest BCUT2D eigenvalue weighted by Crippen LogP contribution is -2.21. The van der Waals surface area contributed by atoms with Gasteiger partial charge < -0.3 is 10.1 Å². The van der Waals surface area contributed by atoms with Crippen molar-refractivity contribution >= 4 is 11.6 Å². The highest BCUT2D eigenvalue weighted by Crippen LogP contribution is 2.29. The molecule has 0 fully saturated rings. The van der Waals surface area contributed by atoms with Gasteiger partial charge in [-0.25, -0.2) is 0 Å². The maximum atomic E-state index is 6.03. The summed E-state index contributed by atoms with van der Waals surface area (Å²) in [4.78, 5) is 0. The van der Waals surface area contributed by atoms with Gasteiger partial charge in [-0.15, -0.1) is 0 Å². The molecule has 0 aliphatic heterocycles. The van der Waals surface area contributed by atoms with Crippen LogP contribution >= 0.6 is 11.6 Å². The Hall–Kier alpha value is -0.730. The normalized spacial score (nSPS) is 12.5. The number of rotatable bonds is 6. The van der Waals surface area contributed by atoms with Crippen molar-refractivity contribution in [2.45, 2.75) is 32.7 Å². The Bertz CT molecular complexity index is 328. The molecule has 0 saturated carbocycles. The van der Waals surface area contributed by atoms with Crippen LogP contribution in [0.4, 0.5) is 0 Å². The summed E-state index contributed by atoms with van der Waals surface area (Å²) in [6, 6.07) is 6.08. The smallest absolute Gasteiger partial charge is 0.123 e. The van der Waals surface area contributed by atoms with Crippen molar-refractivity contribution < 1.29 is 4.74 Å². The minimum Gasteiger partial charge on any atom is -0.496 e. The summed E-state index contributed by atoms with van der Waals surface area (Å²) in [6.07, 6.45) is 2.15. The number of halogens is 1. The fraction of sp³-hybridized carbons (Fsp3) is 0.538. The van der Waals surface area contributed by atoms with E-state index in [4.69, 9.17) is 16.3 Å². The molecular formula is C13H20ClNO. The van der Waals surface area contributed by atoms with E-state index in [1.54, 1.807) is 7.11 Å². The molecule has 0 aromatic heterocycles. The van der Waals surface area contributed by atoms with Gasteiger partial charge in [0.15, 0.2) is 0 Å². The predicted molar refractivity (Wildman–Crippen MR) is 69.3 cm³/mol. The third-order valence-electron chi connectivity index (χ3n) is 2.62. The molecule has 90 valence electrons. The van der Waals surface area contributed by atoms with Crippen LogP contribution in [0.15, 0.2) is 18.2 Å². The van der Waals surface area contributed by atoms with Gasteiger partial charge in [0, 0.05) is 16.6 Å². The molecule has 0 amide bonds. The van der Waals surface area contributed by atoms with Crippen molar-refractivity contribution in [2.24, 2.45) is 0 Å². The van der Waals surface area contributed by atoms with Crippen LogP contribution in [-0.4, -0.2) is 13.7 Å². The molecule has 0 bridgehead atoms. The number of benzene rings is 1. The molecule has 0 aliphatic rings. The Labute approximate surface area is 103 Å². The number of hydrogen-bond donors (Lipinski definition) is 1. The monoisotopic (exact) mass is 241 g/mol. The number of hydrogen-bond acceptors (Lipinski definition) is 2. The van der Waals surface area contributed by atoms with Crippen LogP contribution in [0.25, 0.3) is 0 Å². The molecule has 1 aromatic carbocycles. The third kappa shape index (κ3) is 3.39. The van der Waals surface area contributed by atoms with Crippen LogP contribution in [0.3, 0.4) is 0 Å². The number of methoxy groups -OCH3 is 1. The fourth-order valence-electron chi connectivity index (χ4n) is 1.77. The summed E-state index contributed by atoms with van der Waals surface area (Å²) in [6.45, 7) is 5.33. The minimum atomic E-state index is 0.314. The van der Waals surface area contributed by atoms with Crippen molar-refractivity contribution in [3.05, 3.63) is 28.8 Å². The highest BCUT2D eigenvalue weighted by molar-refractivity contribution is 6.30. The van der Waals surface area contributed by atoms with E-state index in [0.29, 0.717) is 6.04 Å². The Morgan fingerprint density at radius 1 is 1.38 bits per heavy atom. The molecule has 1 atom stereocenters. The quantitative estimate of drug-likeness (QED) is 0.818. The Kier molecular flexibility index (Phi) is 5.64. The Morgan fingerprint density at radius 2 is 2.12 bits per heavy atom. The van der Waals surface area contributed by atoms with Crippen molar-refractivity contribution in [1.82, 2.24) is 5.32 Å². The van der Waals surface area contributed by atoms with Gasteiger partial charge in [-0.3, -0.25) is 0 Å². The number of ether oxygens (including phenoxy) is 1. The largest absolute Gasteiger partial charge is 0.496 e. The van der Waals surface area contributed by atoms with Crippen LogP contribution in [0.2, 0.25) is 5.02 Å². The van der Waals surface area contributed by atoms with E-state index in [-0.39, 0.29) is 0 Å². The summed E-state index contributed by atoms with van der Waals surface area (Å²) in [5.41, 5.74) is 1.14. The molecule has 3 heteroatoms. The van der Waals surface area contributed by atoms with Gasteiger partial charge in [-0.05, 0) is 37.6 Å². The van der Waals surface area contributed by atoms with Crippen LogP contribution < -0.4 is 10.1 Å². The maximum Gasteiger partial charge on any atom is 0.123 e. The predicted octanol–water partition coefficient (Wildman–Crippen LogP) is 3.80. The summed E-state index contributed by atoms with van der Waals surface area (Å²) in [7, 11) is 1.69. The molecule has 0 radical (unpaired) electrons. The molecule has 0 aliphatic carbocycles. The van der Waals surface area contributed by atoms with E-state index < -0.39 is 0 Å². The van der Waals surface area contributed by atoms with E-state index in [1.165, 1.54) is 0 Å². The SMILES string of the molecule is CCCNC(CC)c1cc(Cl)ccc1OC. The van der Waals surface area contributed by atoms with Gasteiger partial charge in [0.05, 0.1) is 7.11 Å². The summed E-state index contributed by atoms with van der Waals surface area (Å²) in [5.74, 6) is 0.903. The second-order valence-electron chi connectivity index (χ2n) is 3.80. The minimum absolute atomic E-state index is 0.314. The fourth-order valence-corrected chi connectivity index (χ4v) is 1.95. The molecule has 16 heavy (non-hydrogen) atoms. The molecule has 0 saturated heterocycles. The summed E-state index contributed by atoms with van der Waals surface area (Å²) in [5, 5.41) is 4.26. The summed E-state index contributed by atoms with van der Waals surface area (Å²) >= 11 is 6.03. The third-order valence-corrected chi connectivity index (χ3v) is 2.85. The van der Waals surface area contributed by atoms with E-state index in [2.05, 4.69) is 19.2 Å². The maximum absolute atomic E-state index is 6.03. The molecule has 1 unspecified atom stereocenters. The first kappa shape index (κ1) is 13.3. The Morgan fingerprint density at radius 3 is 2.69 bits per heavy atom. The number of nitrogens with one attached hydrogen (secondary N) is 1. The van der Waals surface area contributed by atoms with Crippen molar-refractivity contribution in [3.63, 3.8) is 0 Å². The topological polar surface area (TPSA) is 21.3 Å². The molecule has 0 spiro atoms. The first-order valence-corrected chi connectivity index (χ1v) is 6.17. The lowest BCUT2D eigenvalue weighted by Gasteiger charge is -2.20. The zero-order valence-corrected chi connectivity index (χ0v) is 11.0. The standard InChI is InChI=1S/C13H20ClNO/c1-4-8-15-12(5-2)11-9-10(14)6-7-13(11)16-3/h6-7,9,12,15H,4-5,8H2,1-3H3. The van der Waals surface area contributed by atoms with Gasteiger partial charge in [0.1, 0.15) is 5.75 Å². The zero-order chi connectivity index (χ0) is 12.0. The molecule has 1 rings (SSSR count). The molecular weight excluding hydrogens is 222 g/mol. The molecule has 0 heterocycles. The second kappa shape index (κ2) is 6.77. The van der Waals surface area contributed by atoms with Crippen LogP contribution in [0, 0.1) is 0 Å². The van der Waals surface area contributed by atoms with Crippen LogP contribution in [0.1, 0.15) is 38.3 Å². The van der Waals surface area contributed by atoms with Crippen LogP contribution in [-0.2, 0) is 0 Å². The highest BCUT2D eigenvalue weighted by Gasteiger charge is 2.13. The second-order valence-corrected chi connectivity index (χ2v) is 4.24. The average Bonchev–Trinajstić information content (AvgIpc) is 2.30. The van der Waals surface area contributed by atoms with Crippen molar-refractivity contribution in [1.29, 1.82) is 0 Å². The van der Waals surface area contributed by atoms with E-state index in [1.807, 2.05) is 18.2 Å². The molecule has 1 aromatic rings. The average molecular weight is 242 g/mol. The van der Waals surface area contributed by atoms with E-state index in [9.17, 15) is 0 Å². The summed E-state index contributed by atoms with van der Waals surface area (Å²) < 4.78 is 5.36. The van der Waals surface area contributed by atoms with Gasteiger partial charge in [0.25, 0.3) is 0 Å². The lowest BCUT2D eigenvalue weighted by atomic mass is 10.0. The Balaban J connectivity index is 2.92. The lowest BCUT2D eigenvalue weighted by molar-refractivity contribution is 0.397.